The van der Waals surface area contributed by atoms with Gasteiger partial charge in [-0.15, -0.1) is 6.58 Å². The third kappa shape index (κ3) is 6.59. The fraction of sp³-hybridized carbons (Fsp3) is 0.160. The molecule has 3 aromatic carbocycles. The number of nitrogens with zero attached hydrogens (tertiary/aromatic N) is 2. The van der Waals surface area contributed by atoms with E-state index >= 15 is 0 Å². The summed E-state index contributed by atoms with van der Waals surface area (Å²) in [5, 5.41) is 15.2. The monoisotopic (exact) mass is 485 g/mol. The van der Waals surface area contributed by atoms with Crippen LogP contribution in [0.3, 0.4) is 0 Å². The number of rotatable bonds is 10. The van der Waals surface area contributed by atoms with E-state index in [9.17, 15) is 23.3 Å². The minimum atomic E-state index is -4.70. The van der Waals surface area contributed by atoms with Gasteiger partial charge in [0.05, 0.1) is 23.8 Å². The van der Waals surface area contributed by atoms with Crippen molar-refractivity contribution in [1.82, 2.24) is 0 Å². The first-order valence-corrected chi connectivity index (χ1v) is 10.4. The smallest absolute Gasteiger partial charge is 0.416 e. The number of hydrazone groups is 1. The van der Waals surface area contributed by atoms with Gasteiger partial charge < -0.3 is 9.47 Å². The Bertz CT molecular complexity index is 1230. The minimum absolute atomic E-state index is 0.180. The zero-order valence-corrected chi connectivity index (χ0v) is 18.7. The van der Waals surface area contributed by atoms with Crippen molar-refractivity contribution in [2.75, 3.05) is 12.5 Å². The Balaban J connectivity index is 1.85. The molecular formula is C25H22F3N3O4. The summed E-state index contributed by atoms with van der Waals surface area (Å²) in [6.45, 7) is 4.09. The van der Waals surface area contributed by atoms with Crippen molar-refractivity contribution < 1.29 is 27.6 Å². The standard InChI is InChI=1S/C25H22F3N3O4/c1-3-7-19-12-18(13-23(34-2)24(19)35-16-17-8-5-4-6-9-17)15-29-30-21-11-10-20(25(26,27)28)14-22(21)31(32)33/h3-6,8-15,30H,1,7,16H2,2H3/b29-15-. The van der Waals surface area contributed by atoms with E-state index < -0.39 is 22.4 Å². The molecule has 0 bridgehead atoms. The molecule has 10 heteroatoms. The molecule has 0 aromatic heterocycles. The Labute approximate surface area is 199 Å². The second-order valence-corrected chi connectivity index (χ2v) is 7.34. The van der Waals surface area contributed by atoms with Crippen molar-refractivity contribution in [3.05, 3.63) is 106 Å². The molecule has 0 radical (unpaired) electrons. The Kier molecular flexibility index (Phi) is 8.08. The molecule has 0 spiro atoms. The average molecular weight is 485 g/mol. The van der Waals surface area contributed by atoms with Crippen molar-refractivity contribution >= 4 is 17.6 Å². The second kappa shape index (κ2) is 11.2. The van der Waals surface area contributed by atoms with E-state index in [2.05, 4.69) is 17.1 Å². The molecule has 3 rings (SSSR count). The zero-order chi connectivity index (χ0) is 25.4. The van der Waals surface area contributed by atoms with Gasteiger partial charge in [-0.2, -0.15) is 18.3 Å². The van der Waals surface area contributed by atoms with Crippen molar-refractivity contribution in [2.24, 2.45) is 5.10 Å². The molecule has 0 amide bonds. The number of methoxy groups -OCH3 is 1. The van der Waals surface area contributed by atoms with Gasteiger partial charge in [-0.1, -0.05) is 36.4 Å². The predicted molar refractivity (Wildman–Crippen MR) is 127 cm³/mol. The number of halogens is 3. The fourth-order valence-electron chi connectivity index (χ4n) is 3.24. The lowest BCUT2D eigenvalue weighted by molar-refractivity contribution is -0.384. The summed E-state index contributed by atoms with van der Waals surface area (Å²) in [5.41, 5.74) is 2.73. The molecule has 0 atom stereocenters. The Morgan fingerprint density at radius 1 is 1.14 bits per heavy atom. The minimum Gasteiger partial charge on any atom is -0.493 e. The molecule has 35 heavy (non-hydrogen) atoms. The summed E-state index contributed by atoms with van der Waals surface area (Å²) in [5.74, 6) is 0.988. The van der Waals surface area contributed by atoms with E-state index in [-0.39, 0.29) is 5.69 Å². The molecule has 1 N–H and O–H groups in total. The number of nitrogens with one attached hydrogen (secondary N) is 1. The van der Waals surface area contributed by atoms with E-state index in [1.807, 2.05) is 30.3 Å². The maximum absolute atomic E-state index is 12.9. The van der Waals surface area contributed by atoms with Crippen LogP contribution in [-0.2, 0) is 19.2 Å². The van der Waals surface area contributed by atoms with Crippen molar-refractivity contribution in [3.8, 4) is 11.5 Å². The summed E-state index contributed by atoms with van der Waals surface area (Å²) in [6.07, 6.45) is -1.15. The van der Waals surface area contributed by atoms with Gasteiger partial charge in [0, 0.05) is 11.6 Å². The highest BCUT2D eigenvalue weighted by atomic mass is 19.4. The lowest BCUT2D eigenvalue weighted by atomic mass is 10.1. The van der Waals surface area contributed by atoms with Gasteiger partial charge in [0.25, 0.3) is 5.69 Å². The number of hydrogen-bond donors (Lipinski definition) is 1. The Hall–Kier alpha value is -4.34. The molecule has 3 aromatic rings. The largest absolute Gasteiger partial charge is 0.493 e. The quantitative estimate of drug-likeness (QED) is 0.156. The van der Waals surface area contributed by atoms with Gasteiger partial charge in [0.15, 0.2) is 11.5 Å². The van der Waals surface area contributed by atoms with Crippen molar-refractivity contribution in [3.63, 3.8) is 0 Å². The molecule has 7 nitrogen and oxygen atoms in total. The third-order valence-electron chi connectivity index (χ3n) is 4.88. The van der Waals surface area contributed by atoms with Gasteiger partial charge in [0.1, 0.15) is 12.3 Å². The van der Waals surface area contributed by atoms with Crippen LogP contribution in [0.5, 0.6) is 11.5 Å². The van der Waals surface area contributed by atoms with Crippen LogP contribution in [0.2, 0.25) is 0 Å². The molecule has 182 valence electrons. The van der Waals surface area contributed by atoms with Crippen LogP contribution in [0.4, 0.5) is 24.5 Å². The highest BCUT2D eigenvalue weighted by Crippen LogP contribution is 2.36. The zero-order valence-electron chi connectivity index (χ0n) is 18.7. The van der Waals surface area contributed by atoms with E-state index in [0.717, 1.165) is 23.3 Å². The first-order valence-electron chi connectivity index (χ1n) is 10.4. The maximum atomic E-state index is 12.9. The predicted octanol–water partition coefficient (Wildman–Crippen LogP) is 6.38. The highest BCUT2D eigenvalue weighted by molar-refractivity contribution is 5.82. The number of ether oxygens (including phenoxy) is 2. The van der Waals surface area contributed by atoms with Gasteiger partial charge in [-0.05, 0) is 41.8 Å². The molecule has 0 aliphatic carbocycles. The summed E-state index contributed by atoms with van der Waals surface area (Å²) >= 11 is 0. The second-order valence-electron chi connectivity index (χ2n) is 7.34. The van der Waals surface area contributed by atoms with Crippen LogP contribution in [-0.4, -0.2) is 18.2 Å². The lowest BCUT2D eigenvalue weighted by Gasteiger charge is -2.16. The van der Waals surface area contributed by atoms with E-state index in [1.54, 1.807) is 18.2 Å². The normalized spacial score (nSPS) is 11.3. The highest BCUT2D eigenvalue weighted by Gasteiger charge is 2.33. The number of nitro groups is 1. The molecule has 0 fully saturated rings. The summed E-state index contributed by atoms with van der Waals surface area (Å²) in [6, 6.07) is 15.2. The number of anilines is 1. The number of allylic oxidation sites excluding steroid dienone is 1. The number of benzene rings is 3. The molecule has 0 saturated carbocycles. The van der Waals surface area contributed by atoms with Gasteiger partial charge in [-0.25, -0.2) is 0 Å². The lowest BCUT2D eigenvalue weighted by Crippen LogP contribution is -2.06. The number of alkyl halides is 3. The summed E-state index contributed by atoms with van der Waals surface area (Å²) in [4.78, 5) is 10.3. The van der Waals surface area contributed by atoms with E-state index in [0.29, 0.717) is 36.2 Å². The van der Waals surface area contributed by atoms with Crippen LogP contribution in [0.25, 0.3) is 0 Å². The van der Waals surface area contributed by atoms with E-state index in [1.165, 1.54) is 13.3 Å². The molecule has 0 heterocycles. The van der Waals surface area contributed by atoms with Gasteiger partial charge >= 0.3 is 6.18 Å². The molecule has 0 saturated heterocycles. The Morgan fingerprint density at radius 3 is 2.51 bits per heavy atom. The van der Waals surface area contributed by atoms with E-state index in [4.69, 9.17) is 9.47 Å². The number of nitro benzene ring substituents is 1. The van der Waals surface area contributed by atoms with Crippen LogP contribution in [0.15, 0.2) is 78.4 Å². The molecule has 0 aliphatic heterocycles. The summed E-state index contributed by atoms with van der Waals surface area (Å²) in [7, 11) is 1.49. The maximum Gasteiger partial charge on any atom is 0.416 e. The first kappa shape index (κ1) is 25.3. The SMILES string of the molecule is C=CCc1cc(/C=N\Nc2ccc(C(F)(F)F)cc2[N+](=O)[O-])cc(OC)c1OCc1ccccc1. The van der Waals surface area contributed by atoms with Crippen LogP contribution < -0.4 is 14.9 Å². The van der Waals surface area contributed by atoms with Crippen molar-refractivity contribution in [2.45, 2.75) is 19.2 Å². The number of hydrogen-bond acceptors (Lipinski definition) is 6. The molecule has 0 aliphatic rings. The van der Waals surface area contributed by atoms with Gasteiger partial charge in [-0.3, -0.25) is 15.5 Å². The Morgan fingerprint density at radius 2 is 1.89 bits per heavy atom. The topological polar surface area (TPSA) is 86.0 Å². The first-order chi connectivity index (χ1) is 16.7. The molecule has 0 unspecified atom stereocenters. The van der Waals surface area contributed by atoms with Crippen LogP contribution in [0.1, 0.15) is 22.3 Å². The summed E-state index contributed by atoms with van der Waals surface area (Å²) < 4.78 is 50.2. The third-order valence-corrected chi connectivity index (χ3v) is 4.88. The van der Waals surface area contributed by atoms with Crippen LogP contribution >= 0.6 is 0 Å². The average Bonchev–Trinajstić information content (AvgIpc) is 2.83. The molecular weight excluding hydrogens is 463 g/mol. The van der Waals surface area contributed by atoms with Crippen LogP contribution in [0, 0.1) is 10.1 Å². The van der Waals surface area contributed by atoms with Gasteiger partial charge in [0.2, 0.25) is 0 Å². The van der Waals surface area contributed by atoms with Crippen molar-refractivity contribution in [1.29, 1.82) is 0 Å². The fourth-order valence-corrected chi connectivity index (χ4v) is 3.24.